The highest BCUT2D eigenvalue weighted by Crippen LogP contribution is 2.44. The normalized spacial score (nSPS) is 12.5. The van der Waals surface area contributed by atoms with Crippen molar-refractivity contribution in [3.8, 4) is 5.75 Å². The molecule has 1 N–H and O–H groups in total. The van der Waals surface area contributed by atoms with Crippen LogP contribution in [0.3, 0.4) is 0 Å². The quantitative estimate of drug-likeness (QED) is 0.451. The van der Waals surface area contributed by atoms with Gasteiger partial charge in [0.2, 0.25) is 0 Å². The summed E-state index contributed by atoms with van der Waals surface area (Å²) in [7, 11) is 3.99. The average Bonchev–Trinajstić information content (AvgIpc) is 2.80. The molecule has 0 saturated heterocycles. The number of carbonyl (C=O) groups excluding carboxylic acids is 3. The van der Waals surface area contributed by atoms with Crippen LogP contribution in [0, 0.1) is 0 Å². The summed E-state index contributed by atoms with van der Waals surface area (Å²) in [5, 5.41) is 10.7. The second kappa shape index (κ2) is 11.4. The number of thioether (sulfide) groups is 1. The third-order valence-electron chi connectivity index (χ3n) is 4.47. The largest absolute Gasteiger partial charge is 0.495 e. The first-order valence-corrected chi connectivity index (χ1v) is 10.2. The van der Waals surface area contributed by atoms with Crippen LogP contribution in [0.15, 0.2) is 42.5 Å². The number of para-hydroxylation sites is 1. The average molecular weight is 432 g/mol. The van der Waals surface area contributed by atoms with Crippen molar-refractivity contribution in [3.05, 3.63) is 64.7 Å². The van der Waals surface area contributed by atoms with Crippen molar-refractivity contribution in [1.29, 1.82) is 0 Å². The third kappa shape index (κ3) is 5.61. The van der Waals surface area contributed by atoms with Gasteiger partial charge in [0, 0.05) is 16.9 Å². The Hall–Kier alpha value is -2.84. The molecule has 0 amide bonds. The van der Waals surface area contributed by atoms with Gasteiger partial charge in [0.15, 0.2) is 0 Å². The molecule has 0 spiro atoms. The summed E-state index contributed by atoms with van der Waals surface area (Å²) in [4.78, 5) is 34.8. The number of rotatable bonds is 10. The number of aldehydes is 1. The van der Waals surface area contributed by atoms with Crippen molar-refractivity contribution in [2.75, 3.05) is 27.1 Å². The molecular weight excluding hydrogens is 408 g/mol. The molecule has 160 valence electrons. The molecule has 0 aliphatic rings. The van der Waals surface area contributed by atoms with Crippen LogP contribution in [-0.2, 0) is 14.3 Å². The molecule has 0 aromatic heterocycles. The van der Waals surface area contributed by atoms with Crippen molar-refractivity contribution in [2.45, 2.75) is 17.8 Å². The Morgan fingerprint density at radius 3 is 2.47 bits per heavy atom. The van der Waals surface area contributed by atoms with Crippen molar-refractivity contribution >= 4 is 30.0 Å². The van der Waals surface area contributed by atoms with Gasteiger partial charge >= 0.3 is 11.9 Å². The molecule has 7 nitrogen and oxygen atoms in total. The molecule has 2 aromatic rings. The Labute approximate surface area is 179 Å². The zero-order chi connectivity index (χ0) is 22.1. The zero-order valence-corrected chi connectivity index (χ0v) is 17.8. The molecule has 0 radical (unpaired) electrons. The van der Waals surface area contributed by atoms with E-state index in [0.29, 0.717) is 22.4 Å². The first-order valence-electron chi connectivity index (χ1n) is 9.13. The lowest BCUT2D eigenvalue weighted by atomic mass is 9.97. The van der Waals surface area contributed by atoms with Crippen LogP contribution in [0.2, 0.25) is 0 Å². The predicted octanol–water partition coefficient (Wildman–Crippen LogP) is 3.37. The van der Waals surface area contributed by atoms with Crippen LogP contribution in [0.25, 0.3) is 0 Å². The standard InChI is InChI=1S/C22H24O7S/c1-27-18(24)10-11-30-21(15-7-4-6-14(12-15)13-23)19(25)16-8-5-9-17(20(16)28-2)22(26)29-3/h4-9,12-13,19,21,25H,10-11H2,1-3H3. The monoisotopic (exact) mass is 432 g/mol. The van der Waals surface area contributed by atoms with Gasteiger partial charge in [0.1, 0.15) is 17.6 Å². The number of aliphatic hydroxyl groups is 1. The fourth-order valence-corrected chi connectivity index (χ4v) is 4.21. The number of ether oxygens (including phenoxy) is 3. The van der Waals surface area contributed by atoms with Gasteiger partial charge in [-0.05, 0) is 17.7 Å². The molecule has 0 aliphatic carbocycles. The van der Waals surface area contributed by atoms with Gasteiger partial charge in [0.25, 0.3) is 0 Å². The van der Waals surface area contributed by atoms with E-state index in [1.165, 1.54) is 33.1 Å². The van der Waals surface area contributed by atoms with Crippen LogP contribution < -0.4 is 4.74 Å². The lowest BCUT2D eigenvalue weighted by Crippen LogP contribution is -2.14. The highest BCUT2D eigenvalue weighted by atomic mass is 32.2. The molecule has 8 heteroatoms. The molecule has 2 atom stereocenters. The summed E-state index contributed by atoms with van der Waals surface area (Å²) in [5.41, 5.74) is 1.75. The second-order valence-corrected chi connectivity index (χ2v) is 7.52. The van der Waals surface area contributed by atoms with Crippen molar-refractivity contribution < 1.29 is 33.7 Å². The molecule has 30 heavy (non-hydrogen) atoms. The molecule has 0 aliphatic heterocycles. The van der Waals surface area contributed by atoms with Gasteiger partial charge in [-0.3, -0.25) is 9.59 Å². The zero-order valence-electron chi connectivity index (χ0n) is 17.0. The Morgan fingerprint density at radius 1 is 1.10 bits per heavy atom. The number of aliphatic hydroxyl groups excluding tert-OH is 1. The summed E-state index contributed by atoms with van der Waals surface area (Å²) in [6.45, 7) is 0. The van der Waals surface area contributed by atoms with Crippen LogP contribution in [0.4, 0.5) is 0 Å². The maximum Gasteiger partial charge on any atom is 0.341 e. The molecule has 0 heterocycles. The summed E-state index contributed by atoms with van der Waals surface area (Å²) >= 11 is 1.34. The Morgan fingerprint density at radius 2 is 1.83 bits per heavy atom. The fourth-order valence-electron chi connectivity index (χ4n) is 3.00. The highest BCUT2D eigenvalue weighted by molar-refractivity contribution is 7.99. The molecule has 0 bridgehead atoms. The van der Waals surface area contributed by atoms with E-state index in [4.69, 9.17) is 9.47 Å². The van der Waals surface area contributed by atoms with E-state index in [2.05, 4.69) is 4.74 Å². The minimum atomic E-state index is -1.09. The van der Waals surface area contributed by atoms with Crippen LogP contribution in [0.1, 0.15) is 49.6 Å². The lowest BCUT2D eigenvalue weighted by molar-refractivity contribution is -0.140. The molecule has 2 aromatic carbocycles. The van der Waals surface area contributed by atoms with E-state index in [1.54, 1.807) is 42.5 Å². The van der Waals surface area contributed by atoms with Crippen molar-refractivity contribution in [3.63, 3.8) is 0 Å². The third-order valence-corrected chi connectivity index (χ3v) is 5.80. The summed E-state index contributed by atoms with van der Waals surface area (Å²) in [6.07, 6.45) is -0.198. The topological polar surface area (TPSA) is 99.1 Å². The van der Waals surface area contributed by atoms with Crippen molar-refractivity contribution in [2.24, 2.45) is 0 Å². The number of hydrogen-bond donors (Lipinski definition) is 1. The van der Waals surface area contributed by atoms with Gasteiger partial charge in [0.05, 0.1) is 39.1 Å². The number of hydrogen-bond acceptors (Lipinski definition) is 8. The summed E-state index contributed by atoms with van der Waals surface area (Å²) in [5.74, 6) is -0.345. The Bertz CT molecular complexity index is 897. The fraction of sp³-hybridized carbons (Fsp3) is 0.318. The molecule has 0 fully saturated rings. The van der Waals surface area contributed by atoms with Gasteiger partial charge < -0.3 is 19.3 Å². The van der Waals surface area contributed by atoms with Gasteiger partial charge in [-0.15, -0.1) is 0 Å². The van der Waals surface area contributed by atoms with Crippen LogP contribution in [-0.4, -0.2) is 50.4 Å². The second-order valence-electron chi connectivity index (χ2n) is 6.27. The Balaban J connectivity index is 2.45. The first kappa shape index (κ1) is 23.4. The predicted molar refractivity (Wildman–Crippen MR) is 113 cm³/mol. The van der Waals surface area contributed by atoms with Crippen molar-refractivity contribution in [1.82, 2.24) is 0 Å². The van der Waals surface area contributed by atoms with Crippen LogP contribution in [0.5, 0.6) is 5.75 Å². The molecular formula is C22H24O7S. The maximum atomic E-state index is 12.1. The SMILES string of the molecule is COC(=O)CCSC(c1cccc(C=O)c1)C(O)c1cccc(C(=O)OC)c1OC. The minimum absolute atomic E-state index is 0.164. The summed E-state index contributed by atoms with van der Waals surface area (Å²) in [6, 6.07) is 11.7. The number of methoxy groups -OCH3 is 3. The summed E-state index contributed by atoms with van der Waals surface area (Å²) < 4.78 is 14.9. The number of benzene rings is 2. The van der Waals surface area contributed by atoms with Crippen LogP contribution >= 0.6 is 11.8 Å². The highest BCUT2D eigenvalue weighted by Gasteiger charge is 2.29. The maximum absolute atomic E-state index is 12.1. The van der Waals surface area contributed by atoms with E-state index < -0.39 is 17.3 Å². The first-order chi connectivity index (χ1) is 14.5. The molecule has 0 saturated carbocycles. The van der Waals surface area contributed by atoms with E-state index in [-0.39, 0.29) is 23.7 Å². The number of esters is 2. The van der Waals surface area contributed by atoms with Gasteiger partial charge in [-0.1, -0.05) is 30.3 Å². The Kier molecular flexibility index (Phi) is 8.89. The van der Waals surface area contributed by atoms with E-state index in [9.17, 15) is 19.5 Å². The van der Waals surface area contributed by atoms with Gasteiger partial charge in [-0.25, -0.2) is 4.79 Å². The minimum Gasteiger partial charge on any atom is -0.495 e. The number of carbonyl (C=O) groups is 3. The van der Waals surface area contributed by atoms with E-state index >= 15 is 0 Å². The van der Waals surface area contributed by atoms with E-state index in [0.717, 1.165) is 6.29 Å². The van der Waals surface area contributed by atoms with Gasteiger partial charge in [-0.2, -0.15) is 11.8 Å². The molecule has 2 unspecified atom stereocenters. The lowest BCUT2D eigenvalue weighted by Gasteiger charge is -2.25. The smallest absolute Gasteiger partial charge is 0.341 e. The van der Waals surface area contributed by atoms with E-state index in [1.807, 2.05) is 0 Å². The molecule has 2 rings (SSSR count).